The number of methoxy groups -OCH3 is 1. The summed E-state index contributed by atoms with van der Waals surface area (Å²) in [5.41, 5.74) is -0.249. The van der Waals surface area contributed by atoms with Gasteiger partial charge in [-0.1, -0.05) is 12.1 Å². The molecule has 3 rings (SSSR count). The molecule has 0 amide bonds. The van der Waals surface area contributed by atoms with Crippen molar-refractivity contribution in [2.24, 2.45) is 0 Å². The lowest BCUT2D eigenvalue weighted by Gasteiger charge is -2.25. The second kappa shape index (κ2) is 6.27. The van der Waals surface area contributed by atoms with E-state index in [9.17, 15) is 18.3 Å². The number of alkyl halides is 3. The van der Waals surface area contributed by atoms with Gasteiger partial charge in [-0.3, -0.25) is 0 Å². The largest absolute Gasteiger partial charge is 0.481 e. The average molecular weight is 339 g/mol. The molecule has 5 nitrogen and oxygen atoms in total. The fourth-order valence-corrected chi connectivity index (χ4v) is 2.86. The number of aliphatic hydroxyl groups excluding tert-OH is 1. The number of ether oxygens (including phenoxy) is 1. The summed E-state index contributed by atoms with van der Waals surface area (Å²) >= 11 is 0. The van der Waals surface area contributed by atoms with Crippen molar-refractivity contribution in [3.63, 3.8) is 0 Å². The van der Waals surface area contributed by atoms with E-state index in [2.05, 4.69) is 9.97 Å². The maximum Gasteiger partial charge on any atom is 0.416 e. The van der Waals surface area contributed by atoms with Crippen LogP contribution < -0.4 is 9.64 Å². The van der Waals surface area contributed by atoms with Crippen LogP contribution in [0.4, 0.5) is 19.1 Å². The van der Waals surface area contributed by atoms with Gasteiger partial charge in [0.05, 0.1) is 24.8 Å². The quantitative estimate of drug-likeness (QED) is 0.932. The van der Waals surface area contributed by atoms with Crippen molar-refractivity contribution in [1.82, 2.24) is 9.97 Å². The van der Waals surface area contributed by atoms with Crippen LogP contribution in [0.25, 0.3) is 0 Å². The smallest absolute Gasteiger partial charge is 0.416 e. The summed E-state index contributed by atoms with van der Waals surface area (Å²) in [6.45, 7) is 0.244. The Labute approximate surface area is 136 Å². The van der Waals surface area contributed by atoms with Crippen molar-refractivity contribution in [1.29, 1.82) is 0 Å². The summed E-state index contributed by atoms with van der Waals surface area (Å²) in [6, 6.07) is 6.26. The highest BCUT2D eigenvalue weighted by Gasteiger charge is 2.36. The van der Waals surface area contributed by atoms with Crippen LogP contribution in [0.3, 0.4) is 0 Å². The molecule has 1 aliphatic rings. The number of anilines is 1. The van der Waals surface area contributed by atoms with E-state index < -0.39 is 23.9 Å². The van der Waals surface area contributed by atoms with E-state index >= 15 is 0 Å². The second-order valence-corrected chi connectivity index (χ2v) is 5.58. The predicted octanol–water partition coefficient (Wildman–Crippen LogP) is 2.82. The zero-order valence-corrected chi connectivity index (χ0v) is 12.9. The maximum absolute atomic E-state index is 12.9. The van der Waals surface area contributed by atoms with Crippen LogP contribution in [0, 0.1) is 0 Å². The molecule has 1 saturated heterocycles. The molecule has 1 N–H and O–H groups in total. The lowest BCUT2D eigenvalue weighted by Crippen LogP contribution is -2.26. The highest BCUT2D eigenvalue weighted by atomic mass is 19.4. The minimum absolute atomic E-state index is 0.244. The number of hydrogen-bond donors (Lipinski definition) is 1. The van der Waals surface area contributed by atoms with E-state index in [0.717, 1.165) is 12.1 Å². The molecular weight excluding hydrogens is 323 g/mol. The molecule has 0 bridgehead atoms. The fourth-order valence-electron chi connectivity index (χ4n) is 2.86. The van der Waals surface area contributed by atoms with Crippen LogP contribution in [0.2, 0.25) is 0 Å². The number of benzene rings is 1. The van der Waals surface area contributed by atoms with Gasteiger partial charge >= 0.3 is 6.18 Å². The lowest BCUT2D eigenvalue weighted by atomic mass is 10.0. The van der Waals surface area contributed by atoms with Crippen molar-refractivity contribution in [3.8, 4) is 5.88 Å². The first-order chi connectivity index (χ1) is 11.4. The Morgan fingerprint density at radius 3 is 2.79 bits per heavy atom. The standard InChI is InChI=1S/C16H16F3N3O2/c1-24-14-5-6-20-15(21-14)22-9-12(23)8-13(22)10-3-2-4-11(7-10)16(17,18)19/h2-7,12-13,23H,8-9H2,1H3/t12-,13+/m0/s1. The first kappa shape index (κ1) is 16.5. The molecular formula is C16H16F3N3O2. The normalized spacial score (nSPS) is 21.1. The van der Waals surface area contributed by atoms with Crippen LogP contribution in [0.5, 0.6) is 5.88 Å². The Bertz CT molecular complexity index is 724. The molecule has 1 aromatic carbocycles. The van der Waals surface area contributed by atoms with E-state index in [0.29, 0.717) is 23.8 Å². The molecule has 128 valence electrons. The number of halogens is 3. The topological polar surface area (TPSA) is 58.5 Å². The van der Waals surface area contributed by atoms with Gasteiger partial charge in [0.2, 0.25) is 11.8 Å². The molecule has 2 atom stereocenters. The molecule has 1 fully saturated rings. The van der Waals surface area contributed by atoms with Crippen molar-refractivity contribution in [2.45, 2.75) is 24.7 Å². The Kier molecular flexibility index (Phi) is 4.31. The van der Waals surface area contributed by atoms with Crippen molar-refractivity contribution >= 4 is 5.95 Å². The summed E-state index contributed by atoms with van der Waals surface area (Å²) in [4.78, 5) is 10.1. The number of nitrogens with zero attached hydrogens (tertiary/aromatic N) is 3. The number of β-amino-alcohol motifs (C(OH)–C–C–N with tert-alkyl or cyclic N) is 1. The predicted molar refractivity (Wildman–Crippen MR) is 80.7 cm³/mol. The number of hydrogen-bond acceptors (Lipinski definition) is 5. The minimum Gasteiger partial charge on any atom is -0.481 e. The second-order valence-electron chi connectivity index (χ2n) is 5.58. The zero-order chi connectivity index (χ0) is 17.3. The maximum atomic E-state index is 12.9. The molecule has 2 aromatic rings. The van der Waals surface area contributed by atoms with Crippen LogP contribution >= 0.6 is 0 Å². The van der Waals surface area contributed by atoms with Gasteiger partial charge in [0.25, 0.3) is 0 Å². The van der Waals surface area contributed by atoms with Gasteiger partial charge in [-0.15, -0.1) is 0 Å². The average Bonchev–Trinajstić information content (AvgIpc) is 2.96. The summed E-state index contributed by atoms with van der Waals surface area (Å²) in [5, 5.41) is 10.00. The third-order valence-corrected chi connectivity index (χ3v) is 3.96. The Morgan fingerprint density at radius 2 is 2.08 bits per heavy atom. The molecule has 0 aliphatic carbocycles. The zero-order valence-electron chi connectivity index (χ0n) is 12.9. The monoisotopic (exact) mass is 339 g/mol. The van der Waals surface area contributed by atoms with Gasteiger partial charge in [-0.05, 0) is 24.1 Å². The first-order valence-corrected chi connectivity index (χ1v) is 7.37. The molecule has 2 heterocycles. The SMILES string of the molecule is COc1ccnc(N2C[C@@H](O)C[C@@H]2c2cccc(C(F)(F)F)c2)n1. The van der Waals surface area contributed by atoms with Crippen molar-refractivity contribution in [3.05, 3.63) is 47.7 Å². The molecule has 1 aliphatic heterocycles. The molecule has 0 saturated carbocycles. The lowest BCUT2D eigenvalue weighted by molar-refractivity contribution is -0.137. The third-order valence-electron chi connectivity index (χ3n) is 3.96. The summed E-state index contributed by atoms with van der Waals surface area (Å²) < 4.78 is 43.9. The highest BCUT2D eigenvalue weighted by molar-refractivity contribution is 5.41. The van der Waals surface area contributed by atoms with Crippen LogP contribution in [0.15, 0.2) is 36.5 Å². The highest BCUT2D eigenvalue weighted by Crippen LogP contribution is 2.37. The van der Waals surface area contributed by atoms with Gasteiger partial charge in [-0.2, -0.15) is 18.2 Å². The van der Waals surface area contributed by atoms with E-state index in [1.807, 2.05) is 0 Å². The number of rotatable bonds is 3. The number of aromatic nitrogens is 2. The molecule has 0 radical (unpaired) electrons. The van der Waals surface area contributed by atoms with Gasteiger partial charge in [0.15, 0.2) is 0 Å². The Morgan fingerprint density at radius 1 is 1.29 bits per heavy atom. The van der Waals surface area contributed by atoms with E-state index in [-0.39, 0.29) is 6.54 Å². The van der Waals surface area contributed by atoms with Crippen LogP contribution in [-0.2, 0) is 6.18 Å². The van der Waals surface area contributed by atoms with Gasteiger partial charge in [-0.25, -0.2) is 4.98 Å². The molecule has 8 heteroatoms. The van der Waals surface area contributed by atoms with Gasteiger partial charge < -0.3 is 14.7 Å². The molecule has 0 unspecified atom stereocenters. The van der Waals surface area contributed by atoms with Crippen LogP contribution in [-0.4, -0.2) is 34.8 Å². The van der Waals surface area contributed by atoms with Gasteiger partial charge in [0, 0.05) is 18.8 Å². The molecule has 1 aromatic heterocycles. The summed E-state index contributed by atoms with van der Waals surface area (Å²) in [6.07, 6.45) is -3.26. The third kappa shape index (κ3) is 3.28. The van der Waals surface area contributed by atoms with Gasteiger partial charge in [0.1, 0.15) is 0 Å². The van der Waals surface area contributed by atoms with Crippen molar-refractivity contribution < 1.29 is 23.0 Å². The van der Waals surface area contributed by atoms with Crippen molar-refractivity contribution in [2.75, 3.05) is 18.6 Å². The Balaban J connectivity index is 1.96. The van der Waals surface area contributed by atoms with E-state index in [4.69, 9.17) is 4.74 Å². The summed E-state index contributed by atoms with van der Waals surface area (Å²) in [7, 11) is 1.47. The first-order valence-electron chi connectivity index (χ1n) is 7.37. The molecule has 24 heavy (non-hydrogen) atoms. The Hall–Kier alpha value is -2.35. The fraction of sp³-hybridized carbons (Fsp3) is 0.375. The van der Waals surface area contributed by atoms with Crippen LogP contribution in [0.1, 0.15) is 23.6 Å². The summed E-state index contributed by atoms with van der Waals surface area (Å²) in [5.74, 6) is 0.664. The molecule has 0 spiro atoms. The minimum atomic E-state index is -4.41. The van der Waals surface area contributed by atoms with E-state index in [1.54, 1.807) is 17.0 Å². The number of aliphatic hydroxyl groups is 1. The van der Waals surface area contributed by atoms with E-state index in [1.165, 1.54) is 19.4 Å².